The minimum absolute atomic E-state index is 0.105. The van der Waals surface area contributed by atoms with Gasteiger partial charge >= 0.3 is 6.18 Å². The summed E-state index contributed by atoms with van der Waals surface area (Å²) in [5, 5.41) is 0. The van der Waals surface area contributed by atoms with Gasteiger partial charge in [0.1, 0.15) is 46.8 Å². The molecule has 2 aromatic heterocycles. The van der Waals surface area contributed by atoms with Gasteiger partial charge in [0.15, 0.2) is 5.75 Å². The Kier molecular flexibility index (Phi) is 16.0. The number of unbranched alkanes of at least 4 members (excludes halogenated alkanes) is 1. The van der Waals surface area contributed by atoms with Crippen molar-refractivity contribution in [3.63, 3.8) is 0 Å². The molecule has 9 nitrogen and oxygen atoms in total. The molecule has 0 saturated carbocycles. The molecule has 0 saturated heterocycles. The lowest BCUT2D eigenvalue weighted by atomic mass is 10.1. The monoisotopic (exact) mass is 793 g/mol. The Hall–Kier alpha value is -4.88. The fourth-order valence-corrected chi connectivity index (χ4v) is 6.56. The van der Waals surface area contributed by atoms with Gasteiger partial charge in [0.25, 0.3) is 0 Å². The number of ether oxygens (including phenoxy) is 4. The van der Waals surface area contributed by atoms with Crippen molar-refractivity contribution in [2.24, 2.45) is 0 Å². The van der Waals surface area contributed by atoms with Crippen LogP contribution in [0.5, 0.6) is 28.7 Å². The zero-order chi connectivity index (χ0) is 40.8. The van der Waals surface area contributed by atoms with E-state index in [2.05, 4.69) is 54.0 Å². The van der Waals surface area contributed by atoms with Crippen LogP contribution in [-0.4, -0.2) is 76.8 Å². The molecule has 5 aromatic rings. The minimum Gasteiger partial charge on any atom is -0.493 e. The molecule has 0 amide bonds. The summed E-state index contributed by atoms with van der Waals surface area (Å²) in [7, 11) is 0. The van der Waals surface area contributed by atoms with E-state index >= 15 is 0 Å². The highest BCUT2D eigenvalue weighted by molar-refractivity contribution is 5.88. The molecule has 0 aliphatic rings. The van der Waals surface area contributed by atoms with Crippen molar-refractivity contribution < 1.29 is 36.5 Å². The van der Waals surface area contributed by atoms with Crippen LogP contribution in [0.1, 0.15) is 71.6 Å². The second kappa shape index (κ2) is 21.0. The van der Waals surface area contributed by atoms with E-state index in [1.165, 1.54) is 0 Å². The lowest BCUT2D eigenvalue weighted by molar-refractivity contribution is -0.140. The third-order valence-corrected chi connectivity index (χ3v) is 9.85. The number of halogens is 4. The Morgan fingerprint density at radius 2 is 1.37 bits per heavy atom. The molecule has 0 bridgehead atoms. The van der Waals surface area contributed by atoms with Crippen LogP contribution >= 0.6 is 0 Å². The predicted molar refractivity (Wildman–Crippen MR) is 216 cm³/mol. The van der Waals surface area contributed by atoms with Crippen LogP contribution in [0, 0.1) is 5.82 Å². The second-order valence-corrected chi connectivity index (χ2v) is 13.7. The van der Waals surface area contributed by atoms with Crippen LogP contribution in [0.25, 0.3) is 22.4 Å². The highest BCUT2D eigenvalue weighted by atomic mass is 19.4. The van der Waals surface area contributed by atoms with Gasteiger partial charge in [-0.2, -0.15) is 13.2 Å². The minimum atomic E-state index is -4.88. The van der Waals surface area contributed by atoms with Crippen molar-refractivity contribution in [2.75, 3.05) is 52.5 Å². The Bertz CT molecular complexity index is 2000. The molecule has 0 aliphatic carbocycles. The molecule has 57 heavy (non-hydrogen) atoms. The third-order valence-electron chi connectivity index (χ3n) is 9.85. The van der Waals surface area contributed by atoms with Crippen LogP contribution in [0.2, 0.25) is 0 Å². The summed E-state index contributed by atoms with van der Waals surface area (Å²) in [6.45, 7) is 18.3. The Balaban J connectivity index is 1.57. The topological polar surface area (TPSA) is 74.1 Å². The SMILES string of the molecule is CCCCn1c(-c2ccc(Oc3ccc(F)c(C(F)(F)F)c3)cc2OCc2ccccn2)nc2c(OCCCN(CC)CC)cc(OCCCN(CC)CC)cc21. The first-order valence-corrected chi connectivity index (χ1v) is 20.0. The van der Waals surface area contributed by atoms with Crippen LogP contribution in [-0.2, 0) is 19.3 Å². The number of hydrogen-bond acceptors (Lipinski definition) is 8. The van der Waals surface area contributed by atoms with Crippen molar-refractivity contribution in [3.05, 3.63) is 90.0 Å². The molecule has 3 aromatic carbocycles. The maximum Gasteiger partial charge on any atom is 0.419 e. The standard InChI is InChI=1S/C44H55F4N5O4/c1-6-11-24-53-39-28-35(54-25-14-22-51(7-2)8-3)30-41(55-26-15-23-52(9-4)10-5)42(39)50-43(53)36-19-17-34(29-40(36)56-31-32-16-12-13-21-49-32)57-33-18-20-38(45)37(27-33)44(46,47)48/h12-13,16-21,27-30H,6-11,14-15,22-26,31H2,1-5H3. The van der Waals surface area contributed by atoms with Crippen molar-refractivity contribution >= 4 is 11.0 Å². The highest BCUT2D eigenvalue weighted by Gasteiger charge is 2.34. The van der Waals surface area contributed by atoms with E-state index in [1.807, 2.05) is 30.3 Å². The van der Waals surface area contributed by atoms with E-state index in [0.717, 1.165) is 82.6 Å². The van der Waals surface area contributed by atoms with E-state index in [1.54, 1.807) is 24.4 Å². The number of aryl methyl sites for hydroxylation is 1. The zero-order valence-electron chi connectivity index (χ0n) is 33.7. The predicted octanol–water partition coefficient (Wildman–Crippen LogP) is 10.6. The van der Waals surface area contributed by atoms with Crippen LogP contribution in [0.4, 0.5) is 17.6 Å². The number of fused-ring (bicyclic) bond motifs is 1. The van der Waals surface area contributed by atoms with Crippen molar-refractivity contribution in [1.82, 2.24) is 24.3 Å². The normalized spacial score (nSPS) is 11.8. The summed E-state index contributed by atoms with van der Waals surface area (Å²) in [6.07, 6.45) is 0.302. The summed E-state index contributed by atoms with van der Waals surface area (Å²) < 4.78 is 82.0. The molecule has 13 heteroatoms. The van der Waals surface area contributed by atoms with Crippen LogP contribution in [0.15, 0.2) is 72.9 Å². The molecule has 5 rings (SSSR count). The largest absolute Gasteiger partial charge is 0.493 e. The smallest absolute Gasteiger partial charge is 0.419 e. The maximum atomic E-state index is 14.1. The Labute approximate surface area is 333 Å². The number of hydrogen-bond donors (Lipinski definition) is 0. The van der Waals surface area contributed by atoms with Gasteiger partial charge in [-0.15, -0.1) is 0 Å². The summed E-state index contributed by atoms with van der Waals surface area (Å²) in [6, 6.07) is 17.0. The summed E-state index contributed by atoms with van der Waals surface area (Å²) in [5.74, 6) is 0.953. The third kappa shape index (κ3) is 11.8. The molecule has 0 radical (unpaired) electrons. The number of imidazole rings is 1. The van der Waals surface area contributed by atoms with Gasteiger partial charge < -0.3 is 33.3 Å². The van der Waals surface area contributed by atoms with Gasteiger partial charge in [-0.05, 0) is 87.9 Å². The zero-order valence-corrected chi connectivity index (χ0v) is 33.7. The molecular weight excluding hydrogens is 739 g/mol. The first kappa shape index (κ1) is 43.2. The van der Waals surface area contributed by atoms with E-state index < -0.39 is 17.6 Å². The van der Waals surface area contributed by atoms with Gasteiger partial charge in [0, 0.05) is 44.0 Å². The van der Waals surface area contributed by atoms with E-state index in [9.17, 15) is 17.6 Å². The molecule has 0 fully saturated rings. The lowest BCUT2D eigenvalue weighted by Crippen LogP contribution is -2.25. The molecule has 0 unspecified atom stereocenters. The average molecular weight is 794 g/mol. The quantitative estimate of drug-likeness (QED) is 0.0478. The molecule has 0 spiro atoms. The molecule has 0 N–H and O–H groups in total. The van der Waals surface area contributed by atoms with Crippen molar-refractivity contribution in [1.29, 1.82) is 0 Å². The summed E-state index contributed by atoms with van der Waals surface area (Å²) in [5.41, 5.74) is 1.42. The number of aromatic nitrogens is 3. The Morgan fingerprint density at radius 3 is 2.02 bits per heavy atom. The number of pyridine rings is 1. The first-order chi connectivity index (χ1) is 27.6. The van der Waals surface area contributed by atoms with E-state index in [-0.39, 0.29) is 18.1 Å². The molecule has 2 heterocycles. The second-order valence-electron chi connectivity index (χ2n) is 13.7. The van der Waals surface area contributed by atoms with Gasteiger partial charge in [-0.3, -0.25) is 4.98 Å². The summed E-state index contributed by atoms with van der Waals surface area (Å²) in [4.78, 5) is 14.3. The number of rotatable bonds is 23. The average Bonchev–Trinajstić information content (AvgIpc) is 3.58. The van der Waals surface area contributed by atoms with Gasteiger partial charge in [0.05, 0.1) is 35.6 Å². The van der Waals surface area contributed by atoms with Gasteiger partial charge in [-0.25, -0.2) is 9.37 Å². The van der Waals surface area contributed by atoms with Gasteiger partial charge in [-0.1, -0.05) is 47.1 Å². The van der Waals surface area contributed by atoms with Crippen LogP contribution < -0.4 is 18.9 Å². The fourth-order valence-electron chi connectivity index (χ4n) is 6.56. The number of nitrogens with zero attached hydrogens (tertiary/aromatic N) is 5. The Morgan fingerprint density at radius 1 is 0.702 bits per heavy atom. The van der Waals surface area contributed by atoms with Crippen LogP contribution in [0.3, 0.4) is 0 Å². The van der Waals surface area contributed by atoms with E-state index in [0.29, 0.717) is 65.7 Å². The molecular formula is C44H55F4N5O4. The highest BCUT2D eigenvalue weighted by Crippen LogP contribution is 2.41. The molecule has 0 atom stereocenters. The molecule has 0 aliphatic heterocycles. The maximum absolute atomic E-state index is 14.1. The summed E-state index contributed by atoms with van der Waals surface area (Å²) >= 11 is 0. The van der Waals surface area contributed by atoms with Crippen molar-refractivity contribution in [2.45, 2.75) is 79.6 Å². The van der Waals surface area contributed by atoms with Crippen molar-refractivity contribution in [3.8, 4) is 40.1 Å². The number of alkyl halides is 3. The first-order valence-electron chi connectivity index (χ1n) is 20.0. The lowest BCUT2D eigenvalue weighted by Gasteiger charge is -2.18. The number of benzene rings is 3. The van der Waals surface area contributed by atoms with E-state index in [4.69, 9.17) is 23.9 Å². The molecule has 308 valence electrons. The van der Waals surface area contributed by atoms with Gasteiger partial charge in [0.2, 0.25) is 0 Å². The fraction of sp³-hybridized carbons (Fsp3) is 0.455.